The fraction of sp³-hybridized carbons (Fsp3) is 0.700. The molecule has 0 aromatic carbocycles. The summed E-state index contributed by atoms with van der Waals surface area (Å²) < 4.78 is 5.98. The first-order chi connectivity index (χ1) is 12.1. The van der Waals surface area contributed by atoms with Crippen molar-refractivity contribution in [2.45, 2.75) is 49.9 Å². The first-order valence-electron chi connectivity index (χ1n) is 9.14. The number of hydrogen-bond donors (Lipinski definition) is 3. The number of rotatable bonds is 3. The van der Waals surface area contributed by atoms with E-state index < -0.39 is 45.9 Å². The van der Waals surface area contributed by atoms with Gasteiger partial charge in [0.2, 0.25) is 0 Å². The predicted molar refractivity (Wildman–Crippen MR) is 92.2 cm³/mol. The van der Waals surface area contributed by atoms with Gasteiger partial charge in [-0.1, -0.05) is 18.7 Å². The molecular weight excluding hydrogens is 336 g/mol. The van der Waals surface area contributed by atoms with Crippen LogP contribution in [0, 0.1) is 28.6 Å². The fourth-order valence-electron chi connectivity index (χ4n) is 6.96. The number of methoxy groups -OCH3 is 1. The lowest BCUT2D eigenvalue weighted by Crippen LogP contribution is -2.57. The normalized spacial score (nSPS) is 54.7. The second-order valence-corrected chi connectivity index (χ2v) is 8.95. The molecule has 3 saturated carbocycles. The van der Waals surface area contributed by atoms with Gasteiger partial charge in [-0.15, -0.1) is 0 Å². The van der Waals surface area contributed by atoms with Crippen LogP contribution in [0.3, 0.4) is 0 Å². The van der Waals surface area contributed by atoms with Crippen LogP contribution in [-0.4, -0.2) is 52.0 Å². The minimum absolute atomic E-state index is 0.159. The summed E-state index contributed by atoms with van der Waals surface area (Å²) >= 11 is 0. The summed E-state index contributed by atoms with van der Waals surface area (Å²) in [6.07, 6.45) is 4.78. The number of carboxylic acids is 1. The van der Waals surface area contributed by atoms with Crippen molar-refractivity contribution >= 4 is 12.3 Å². The SMILES string of the molecule is C=C1C[C@]23C[C@@]1(O)CC[C@H]2[C@]1(OC)C=C[C@H](O)[C@@](C)(C=O)C1[C@@H]3C(=O)O. The van der Waals surface area contributed by atoms with E-state index in [-0.39, 0.29) is 5.92 Å². The Morgan fingerprint density at radius 1 is 1.46 bits per heavy atom. The summed E-state index contributed by atoms with van der Waals surface area (Å²) in [6.45, 7) is 5.65. The Morgan fingerprint density at radius 2 is 2.15 bits per heavy atom. The Morgan fingerprint density at radius 3 is 2.73 bits per heavy atom. The van der Waals surface area contributed by atoms with E-state index in [9.17, 15) is 24.9 Å². The number of carbonyl (C=O) groups is 2. The van der Waals surface area contributed by atoms with Crippen LogP contribution in [0.15, 0.2) is 24.3 Å². The van der Waals surface area contributed by atoms with Gasteiger partial charge in [0.1, 0.15) is 6.29 Å². The van der Waals surface area contributed by atoms with Crippen molar-refractivity contribution in [3.8, 4) is 0 Å². The van der Waals surface area contributed by atoms with Crippen LogP contribution in [0.25, 0.3) is 0 Å². The van der Waals surface area contributed by atoms with Crippen molar-refractivity contribution in [1.82, 2.24) is 0 Å². The Bertz CT molecular complexity index is 730. The quantitative estimate of drug-likeness (QED) is 0.517. The Balaban J connectivity index is 2.00. The minimum Gasteiger partial charge on any atom is -0.481 e. The van der Waals surface area contributed by atoms with Gasteiger partial charge in [0.15, 0.2) is 0 Å². The Hall–Kier alpha value is -1.50. The highest BCUT2D eigenvalue weighted by molar-refractivity contribution is 5.76. The lowest BCUT2D eigenvalue weighted by Gasteiger charge is -2.49. The van der Waals surface area contributed by atoms with Crippen molar-refractivity contribution in [1.29, 1.82) is 0 Å². The van der Waals surface area contributed by atoms with Gasteiger partial charge in [0.05, 0.1) is 28.6 Å². The van der Waals surface area contributed by atoms with Gasteiger partial charge in [-0.2, -0.15) is 0 Å². The molecule has 0 saturated heterocycles. The minimum atomic E-state index is -1.28. The Kier molecular flexibility index (Phi) is 3.48. The number of aldehydes is 1. The molecule has 3 fully saturated rings. The van der Waals surface area contributed by atoms with E-state index in [1.165, 1.54) is 0 Å². The van der Waals surface area contributed by atoms with Gasteiger partial charge in [-0.25, -0.2) is 0 Å². The number of aliphatic hydroxyl groups is 2. The largest absolute Gasteiger partial charge is 0.481 e. The molecule has 2 bridgehead atoms. The van der Waals surface area contributed by atoms with Crippen LogP contribution in [0.1, 0.15) is 32.6 Å². The Labute approximate surface area is 152 Å². The number of hydrogen-bond acceptors (Lipinski definition) is 5. The molecule has 0 radical (unpaired) electrons. The van der Waals surface area contributed by atoms with Gasteiger partial charge in [-0.05, 0) is 49.5 Å². The predicted octanol–water partition coefficient (Wildman–Crippen LogP) is 1.32. The van der Waals surface area contributed by atoms with Gasteiger partial charge >= 0.3 is 5.97 Å². The van der Waals surface area contributed by atoms with Crippen LogP contribution < -0.4 is 0 Å². The van der Waals surface area contributed by atoms with Crippen molar-refractivity contribution in [3.05, 3.63) is 24.3 Å². The maximum atomic E-state index is 12.5. The molecule has 0 heterocycles. The van der Waals surface area contributed by atoms with Crippen molar-refractivity contribution in [2.24, 2.45) is 28.6 Å². The maximum Gasteiger partial charge on any atom is 0.307 e. The molecule has 4 aliphatic rings. The third kappa shape index (κ3) is 1.73. The summed E-state index contributed by atoms with van der Waals surface area (Å²) in [7, 11) is 1.54. The van der Waals surface area contributed by atoms with Crippen LogP contribution in [0.4, 0.5) is 0 Å². The van der Waals surface area contributed by atoms with E-state index in [1.54, 1.807) is 26.2 Å². The molecule has 142 valence electrons. The second-order valence-electron chi connectivity index (χ2n) is 8.95. The van der Waals surface area contributed by atoms with E-state index in [4.69, 9.17) is 4.74 Å². The highest BCUT2D eigenvalue weighted by Crippen LogP contribution is 2.74. The molecule has 6 heteroatoms. The number of fused-ring (bicyclic) bond motifs is 3. The molecule has 0 aliphatic heterocycles. The summed E-state index contributed by atoms with van der Waals surface area (Å²) in [4.78, 5) is 24.6. The monoisotopic (exact) mass is 362 g/mol. The molecule has 0 aromatic rings. The van der Waals surface area contributed by atoms with E-state index in [2.05, 4.69) is 6.58 Å². The van der Waals surface area contributed by atoms with Crippen molar-refractivity contribution in [3.63, 3.8) is 0 Å². The average molecular weight is 362 g/mol. The van der Waals surface area contributed by atoms with E-state index in [0.717, 1.165) is 0 Å². The zero-order valence-electron chi connectivity index (χ0n) is 15.1. The summed E-state index contributed by atoms with van der Waals surface area (Å²) in [5.74, 6) is -2.79. The van der Waals surface area contributed by atoms with Crippen LogP contribution in [0.5, 0.6) is 0 Å². The van der Waals surface area contributed by atoms with Gasteiger partial charge in [0.25, 0.3) is 0 Å². The third-order valence-electron chi connectivity index (χ3n) is 8.07. The number of carbonyl (C=O) groups excluding carboxylic acids is 1. The fourth-order valence-corrected chi connectivity index (χ4v) is 6.96. The topological polar surface area (TPSA) is 104 Å². The van der Waals surface area contributed by atoms with Gasteiger partial charge in [0, 0.05) is 13.0 Å². The smallest absolute Gasteiger partial charge is 0.307 e. The molecular formula is C20H26O6. The average Bonchev–Trinajstić information content (AvgIpc) is 2.96. The zero-order chi connectivity index (χ0) is 19.1. The number of ether oxygens (including phenoxy) is 1. The zero-order valence-corrected chi connectivity index (χ0v) is 15.1. The van der Waals surface area contributed by atoms with Crippen LogP contribution in [-0.2, 0) is 14.3 Å². The highest BCUT2D eigenvalue weighted by atomic mass is 16.5. The summed E-state index contributed by atoms with van der Waals surface area (Å²) in [6, 6.07) is 0. The number of aliphatic hydroxyl groups excluding tert-OH is 1. The lowest BCUT2D eigenvalue weighted by atomic mass is 9.60. The number of carboxylic acid groups (broad SMARTS) is 1. The molecule has 8 atom stereocenters. The standard InChI is InChI=1S/C20H26O6/c1-11-8-18-9-19(11,25)6-4-12(18)20(26-3)7-5-13(22)17(2,10-21)15(20)14(18)16(23)24/h5,7,10,12-15,22,25H,1,4,6,8-9H2,2-3H3,(H,23,24)/t12-,13+,14-,15?,17-,18+,19+,20-/m1/s1. The molecule has 1 unspecified atom stereocenters. The highest BCUT2D eigenvalue weighted by Gasteiger charge is 2.78. The van der Waals surface area contributed by atoms with E-state index in [1.807, 2.05) is 0 Å². The molecule has 1 spiro atoms. The van der Waals surface area contributed by atoms with Crippen LogP contribution >= 0.6 is 0 Å². The molecule has 0 amide bonds. The van der Waals surface area contributed by atoms with E-state index in [0.29, 0.717) is 37.5 Å². The summed E-state index contributed by atoms with van der Waals surface area (Å²) in [5, 5.41) is 31.8. The number of aliphatic carboxylic acids is 1. The van der Waals surface area contributed by atoms with E-state index >= 15 is 0 Å². The van der Waals surface area contributed by atoms with Gasteiger partial charge < -0.3 is 24.9 Å². The lowest BCUT2D eigenvalue weighted by molar-refractivity contribution is -0.159. The van der Waals surface area contributed by atoms with Crippen molar-refractivity contribution in [2.75, 3.05) is 7.11 Å². The molecule has 3 N–H and O–H groups in total. The molecule has 6 nitrogen and oxygen atoms in total. The summed E-state index contributed by atoms with van der Waals surface area (Å²) in [5.41, 5.74) is -3.33. The third-order valence-corrected chi connectivity index (χ3v) is 8.07. The van der Waals surface area contributed by atoms with Gasteiger partial charge in [-0.3, -0.25) is 4.79 Å². The molecule has 4 rings (SSSR count). The molecule has 4 aliphatic carbocycles. The van der Waals surface area contributed by atoms with Crippen LogP contribution in [0.2, 0.25) is 0 Å². The second kappa shape index (κ2) is 5.06. The maximum absolute atomic E-state index is 12.5. The molecule has 26 heavy (non-hydrogen) atoms. The van der Waals surface area contributed by atoms with Crippen molar-refractivity contribution < 1.29 is 29.6 Å². The molecule has 0 aromatic heterocycles. The first kappa shape index (κ1) is 17.9. The first-order valence-corrected chi connectivity index (χ1v) is 9.14.